The van der Waals surface area contributed by atoms with Crippen LogP contribution in [0, 0.1) is 12.8 Å². The molecule has 0 bridgehead atoms. The Morgan fingerprint density at radius 3 is 2.23 bits per heavy atom. The van der Waals surface area contributed by atoms with Crippen molar-refractivity contribution in [1.82, 2.24) is 10.2 Å². The third-order valence-electron chi connectivity index (χ3n) is 6.33. The summed E-state index contributed by atoms with van der Waals surface area (Å²) in [5.74, 6) is -0.367. The van der Waals surface area contributed by atoms with Crippen molar-refractivity contribution in [3.05, 3.63) is 88.9 Å². The normalized spacial score (nSPS) is 12.1. The minimum Gasteiger partial charge on any atom is -0.495 e. The van der Waals surface area contributed by atoms with E-state index in [1.54, 1.807) is 67.6 Å². The maximum atomic E-state index is 14.0. The lowest BCUT2D eigenvalue weighted by molar-refractivity contribution is -0.139. The molecule has 0 aliphatic carbocycles. The van der Waals surface area contributed by atoms with Gasteiger partial charge in [0.05, 0.1) is 17.7 Å². The van der Waals surface area contributed by atoms with Gasteiger partial charge in [-0.25, -0.2) is 8.42 Å². The summed E-state index contributed by atoms with van der Waals surface area (Å²) in [6.07, 6.45) is 0. The molecule has 214 valence electrons. The van der Waals surface area contributed by atoms with Crippen LogP contribution in [0.15, 0.2) is 77.7 Å². The Bertz CT molecular complexity index is 1410. The molecule has 1 unspecified atom stereocenters. The van der Waals surface area contributed by atoms with E-state index in [2.05, 4.69) is 5.32 Å². The molecule has 0 aliphatic rings. The summed E-state index contributed by atoms with van der Waals surface area (Å²) < 4.78 is 34.4. The van der Waals surface area contributed by atoms with E-state index in [1.807, 2.05) is 20.8 Å². The third kappa shape index (κ3) is 7.76. The summed E-state index contributed by atoms with van der Waals surface area (Å²) in [4.78, 5) is 28.5. The maximum absolute atomic E-state index is 14.0. The average Bonchev–Trinajstić information content (AvgIpc) is 2.94. The molecule has 8 nitrogen and oxygen atoms in total. The second-order valence-corrected chi connectivity index (χ2v) is 12.3. The number of halogens is 1. The molecule has 3 rings (SSSR count). The predicted octanol–water partition coefficient (Wildman–Crippen LogP) is 5.04. The number of methoxy groups -OCH3 is 1. The number of carbonyl (C=O) groups is 2. The Morgan fingerprint density at radius 1 is 0.975 bits per heavy atom. The van der Waals surface area contributed by atoms with Gasteiger partial charge in [-0.3, -0.25) is 13.9 Å². The number of benzene rings is 3. The molecule has 40 heavy (non-hydrogen) atoms. The fourth-order valence-electron chi connectivity index (χ4n) is 4.05. The van der Waals surface area contributed by atoms with Crippen LogP contribution < -0.4 is 14.4 Å². The van der Waals surface area contributed by atoms with E-state index in [1.165, 1.54) is 24.1 Å². The molecule has 1 atom stereocenters. The van der Waals surface area contributed by atoms with E-state index in [0.29, 0.717) is 17.3 Å². The lowest BCUT2D eigenvalue weighted by atomic mass is 10.1. The van der Waals surface area contributed by atoms with E-state index in [0.717, 1.165) is 15.4 Å². The van der Waals surface area contributed by atoms with Gasteiger partial charge >= 0.3 is 0 Å². The highest BCUT2D eigenvalue weighted by Gasteiger charge is 2.33. The Labute approximate surface area is 241 Å². The Morgan fingerprint density at radius 2 is 1.62 bits per heavy atom. The van der Waals surface area contributed by atoms with Gasteiger partial charge in [-0.2, -0.15) is 0 Å². The van der Waals surface area contributed by atoms with Gasteiger partial charge in [0.15, 0.2) is 0 Å². The smallest absolute Gasteiger partial charge is 0.264 e. The number of nitrogens with one attached hydrogen (secondary N) is 1. The van der Waals surface area contributed by atoms with Crippen LogP contribution in [0.5, 0.6) is 5.75 Å². The Kier molecular flexibility index (Phi) is 10.6. The summed E-state index contributed by atoms with van der Waals surface area (Å²) >= 11 is 6.05. The van der Waals surface area contributed by atoms with E-state index in [9.17, 15) is 18.0 Å². The molecular formula is C30H36ClN3O5S. The van der Waals surface area contributed by atoms with Gasteiger partial charge in [-0.05, 0) is 67.3 Å². The van der Waals surface area contributed by atoms with Crippen LogP contribution in [0.4, 0.5) is 5.69 Å². The summed E-state index contributed by atoms with van der Waals surface area (Å²) in [6.45, 7) is 7.38. The molecule has 3 aromatic carbocycles. The minimum absolute atomic E-state index is 0.0262. The summed E-state index contributed by atoms with van der Waals surface area (Å²) in [6, 6.07) is 19.1. The highest BCUT2D eigenvalue weighted by Crippen LogP contribution is 2.33. The molecule has 1 N–H and O–H groups in total. The minimum atomic E-state index is -4.19. The highest BCUT2D eigenvalue weighted by molar-refractivity contribution is 7.92. The van der Waals surface area contributed by atoms with Crippen molar-refractivity contribution < 1.29 is 22.7 Å². The molecule has 0 aromatic heterocycles. The average molecular weight is 586 g/mol. The van der Waals surface area contributed by atoms with Gasteiger partial charge in [0.2, 0.25) is 11.8 Å². The molecule has 3 aromatic rings. The van der Waals surface area contributed by atoms with Crippen molar-refractivity contribution in [3.63, 3.8) is 0 Å². The molecule has 0 radical (unpaired) electrons. The number of amides is 2. The fourth-order valence-corrected chi connectivity index (χ4v) is 5.61. The first-order valence-electron chi connectivity index (χ1n) is 13.0. The number of nitrogens with zero attached hydrogens (tertiary/aromatic N) is 2. The molecule has 10 heteroatoms. The van der Waals surface area contributed by atoms with Crippen molar-refractivity contribution in [1.29, 1.82) is 0 Å². The molecule has 2 amide bonds. The number of sulfonamides is 1. The Balaban J connectivity index is 2.06. The third-order valence-corrected chi connectivity index (χ3v) is 8.36. The second kappa shape index (κ2) is 13.7. The largest absolute Gasteiger partial charge is 0.495 e. The Hall–Kier alpha value is -3.56. The molecule has 0 aliphatic heterocycles. The van der Waals surface area contributed by atoms with Crippen LogP contribution >= 0.6 is 11.6 Å². The van der Waals surface area contributed by atoms with Crippen molar-refractivity contribution >= 4 is 39.1 Å². The van der Waals surface area contributed by atoms with Crippen molar-refractivity contribution in [2.45, 2.75) is 45.2 Å². The molecule has 0 saturated heterocycles. The molecule has 0 spiro atoms. The topological polar surface area (TPSA) is 96.0 Å². The van der Waals surface area contributed by atoms with E-state index in [-0.39, 0.29) is 29.0 Å². The number of anilines is 1. The first-order valence-corrected chi connectivity index (χ1v) is 14.8. The molecule has 0 fully saturated rings. The number of ether oxygens (including phenoxy) is 1. The van der Waals surface area contributed by atoms with Crippen LogP contribution in [-0.2, 0) is 26.2 Å². The van der Waals surface area contributed by atoms with Gasteiger partial charge in [0.1, 0.15) is 18.3 Å². The second-order valence-electron chi connectivity index (χ2n) is 9.96. The number of hydrogen-bond acceptors (Lipinski definition) is 5. The summed E-state index contributed by atoms with van der Waals surface area (Å²) in [5, 5.41) is 3.41. The molecule has 0 heterocycles. The van der Waals surface area contributed by atoms with Crippen molar-refractivity contribution in [2.24, 2.45) is 5.92 Å². The zero-order valence-electron chi connectivity index (χ0n) is 23.4. The first-order chi connectivity index (χ1) is 18.9. The molecule has 0 saturated carbocycles. The van der Waals surface area contributed by atoms with Crippen LogP contribution in [0.2, 0.25) is 5.02 Å². The first kappa shape index (κ1) is 31.0. The zero-order valence-corrected chi connectivity index (χ0v) is 25.0. The van der Waals surface area contributed by atoms with Gasteiger partial charge in [-0.15, -0.1) is 0 Å². The van der Waals surface area contributed by atoms with E-state index >= 15 is 0 Å². The fraction of sp³-hybridized carbons (Fsp3) is 0.333. The van der Waals surface area contributed by atoms with Gasteiger partial charge in [-0.1, -0.05) is 61.8 Å². The van der Waals surface area contributed by atoms with Crippen molar-refractivity contribution in [3.8, 4) is 5.75 Å². The number of hydrogen-bond donors (Lipinski definition) is 1. The number of rotatable bonds is 12. The van der Waals surface area contributed by atoms with E-state index in [4.69, 9.17) is 16.3 Å². The highest BCUT2D eigenvalue weighted by atomic mass is 35.5. The SMILES string of the molecule is COc1ccc(C)cc1N(CC(=O)N(Cc1ccc(Cl)cc1)C(C)C(=O)NCC(C)C)S(=O)(=O)c1ccccc1. The zero-order chi connectivity index (χ0) is 29.4. The number of aryl methyl sites for hydroxylation is 1. The lowest BCUT2D eigenvalue weighted by Gasteiger charge is -2.32. The van der Waals surface area contributed by atoms with Crippen LogP contribution in [0.25, 0.3) is 0 Å². The maximum Gasteiger partial charge on any atom is 0.264 e. The van der Waals surface area contributed by atoms with Crippen LogP contribution in [-0.4, -0.2) is 51.4 Å². The monoisotopic (exact) mass is 585 g/mol. The number of carbonyl (C=O) groups excluding carboxylic acids is 2. The van der Waals surface area contributed by atoms with Gasteiger partial charge < -0.3 is 15.0 Å². The molecular weight excluding hydrogens is 550 g/mol. The standard InChI is InChI=1S/C30H36ClN3O5S/c1-21(2)18-32-30(36)23(4)33(19-24-12-14-25(31)15-13-24)29(35)20-34(27-17-22(3)11-16-28(27)39-5)40(37,38)26-9-7-6-8-10-26/h6-17,21,23H,18-20H2,1-5H3,(H,32,36). The quantitative estimate of drug-likeness (QED) is 0.321. The summed E-state index contributed by atoms with van der Waals surface area (Å²) in [5.41, 5.74) is 1.76. The summed E-state index contributed by atoms with van der Waals surface area (Å²) in [7, 11) is -2.75. The van der Waals surface area contributed by atoms with Crippen LogP contribution in [0.1, 0.15) is 31.9 Å². The van der Waals surface area contributed by atoms with E-state index < -0.39 is 28.5 Å². The predicted molar refractivity (Wildman–Crippen MR) is 158 cm³/mol. The van der Waals surface area contributed by atoms with Gasteiger partial charge in [0.25, 0.3) is 10.0 Å². The lowest BCUT2D eigenvalue weighted by Crippen LogP contribution is -2.51. The van der Waals surface area contributed by atoms with Gasteiger partial charge in [0, 0.05) is 18.1 Å². The van der Waals surface area contributed by atoms with Crippen LogP contribution in [0.3, 0.4) is 0 Å². The van der Waals surface area contributed by atoms with Crippen molar-refractivity contribution in [2.75, 3.05) is 24.5 Å².